The maximum Gasteiger partial charge on any atom is 0.228 e. The third-order valence-electron chi connectivity index (χ3n) is 10.4. The highest BCUT2D eigenvalue weighted by molar-refractivity contribution is 5.94. The number of amides is 1. The lowest BCUT2D eigenvalue weighted by atomic mass is 9.49. The Morgan fingerprint density at radius 2 is 1.91 bits per heavy atom. The van der Waals surface area contributed by atoms with Crippen LogP contribution in [0.4, 0.5) is 10.1 Å². The number of nitrogens with one attached hydrogen (secondary N) is 1. The molecule has 4 saturated carbocycles. The molecule has 0 aliphatic heterocycles. The van der Waals surface area contributed by atoms with E-state index in [0.717, 1.165) is 60.5 Å². The first-order valence-electron chi connectivity index (χ1n) is 13.6. The fourth-order valence-corrected chi connectivity index (χ4v) is 8.80. The van der Waals surface area contributed by atoms with Crippen LogP contribution in [0.5, 0.6) is 0 Å². The van der Waals surface area contributed by atoms with Crippen molar-refractivity contribution in [2.75, 3.05) is 18.5 Å². The van der Waals surface area contributed by atoms with Crippen LogP contribution in [0, 0.1) is 59.6 Å². The van der Waals surface area contributed by atoms with Crippen LogP contribution in [0.2, 0.25) is 0 Å². The van der Waals surface area contributed by atoms with Crippen molar-refractivity contribution in [1.29, 1.82) is 0 Å². The molecule has 4 fully saturated rings. The van der Waals surface area contributed by atoms with Crippen molar-refractivity contribution in [3.63, 3.8) is 0 Å². The van der Waals surface area contributed by atoms with Crippen LogP contribution in [-0.2, 0) is 9.53 Å². The molecule has 182 valence electrons. The zero-order chi connectivity index (χ0) is 23.2. The van der Waals surface area contributed by atoms with Gasteiger partial charge in [0.05, 0.1) is 0 Å². The highest BCUT2D eigenvalue weighted by Crippen LogP contribution is 2.64. The third kappa shape index (κ3) is 4.26. The number of aryl methyl sites for hydroxylation is 1. The minimum absolute atomic E-state index is 0.0764. The van der Waals surface area contributed by atoms with Gasteiger partial charge >= 0.3 is 0 Å². The smallest absolute Gasteiger partial charge is 0.228 e. The van der Waals surface area contributed by atoms with Crippen LogP contribution in [0.15, 0.2) is 18.2 Å². The molecule has 1 amide bonds. The molecule has 7 unspecified atom stereocenters. The summed E-state index contributed by atoms with van der Waals surface area (Å²) in [5.74, 6) is 4.91. The Morgan fingerprint density at radius 3 is 2.70 bits per heavy atom. The third-order valence-corrected chi connectivity index (χ3v) is 10.4. The van der Waals surface area contributed by atoms with Crippen LogP contribution in [0.1, 0.15) is 77.2 Å². The second kappa shape index (κ2) is 9.32. The van der Waals surface area contributed by atoms with Gasteiger partial charge < -0.3 is 10.1 Å². The van der Waals surface area contributed by atoms with Gasteiger partial charge in [0.2, 0.25) is 5.91 Å². The summed E-state index contributed by atoms with van der Waals surface area (Å²) < 4.78 is 19.3. The summed E-state index contributed by atoms with van der Waals surface area (Å²) in [6.07, 6.45) is 11.5. The van der Waals surface area contributed by atoms with Gasteiger partial charge in [-0.25, -0.2) is 4.39 Å². The summed E-state index contributed by atoms with van der Waals surface area (Å²) in [5, 5.41) is 3.16. The van der Waals surface area contributed by atoms with E-state index in [9.17, 15) is 9.18 Å². The average Bonchev–Trinajstić information content (AvgIpc) is 3.16. The fraction of sp³-hybridized carbons (Fsp3) is 0.759. The van der Waals surface area contributed by atoms with E-state index in [-0.39, 0.29) is 23.1 Å². The lowest BCUT2D eigenvalue weighted by Crippen LogP contribution is -2.50. The van der Waals surface area contributed by atoms with Gasteiger partial charge in [-0.05, 0) is 136 Å². The molecule has 0 radical (unpaired) electrons. The molecule has 3 nitrogen and oxygen atoms in total. The van der Waals surface area contributed by atoms with Crippen molar-refractivity contribution >= 4 is 11.6 Å². The molecule has 0 aromatic heterocycles. The van der Waals surface area contributed by atoms with Gasteiger partial charge in [0.15, 0.2) is 0 Å². The van der Waals surface area contributed by atoms with E-state index in [0.29, 0.717) is 5.92 Å². The van der Waals surface area contributed by atoms with Gasteiger partial charge in [-0.2, -0.15) is 0 Å². The van der Waals surface area contributed by atoms with E-state index in [2.05, 4.69) is 19.2 Å². The Morgan fingerprint density at radius 1 is 1.09 bits per heavy atom. The van der Waals surface area contributed by atoms with Crippen LogP contribution < -0.4 is 5.32 Å². The van der Waals surface area contributed by atoms with E-state index in [1.54, 1.807) is 6.07 Å². The number of carbonyl (C=O) groups excluding carboxylic acids is 1. The summed E-state index contributed by atoms with van der Waals surface area (Å²) in [6.45, 7) is 8.17. The van der Waals surface area contributed by atoms with E-state index in [1.165, 1.54) is 63.5 Å². The highest BCUT2D eigenvalue weighted by atomic mass is 19.1. The molecule has 0 bridgehead atoms. The SMILES string of the molecule is CCOCC1CCC2C(CCC3C2CCC2(C)C3CC[C@@H]2C(=O)Nc2ccc(F)cc2C)C1. The largest absolute Gasteiger partial charge is 0.381 e. The Balaban J connectivity index is 1.26. The van der Waals surface area contributed by atoms with Gasteiger partial charge in [-0.15, -0.1) is 0 Å². The monoisotopic (exact) mass is 455 g/mol. The second-order valence-electron chi connectivity index (χ2n) is 11.9. The Kier molecular flexibility index (Phi) is 6.59. The zero-order valence-electron chi connectivity index (χ0n) is 20.7. The van der Waals surface area contributed by atoms with Gasteiger partial charge in [-0.1, -0.05) is 6.92 Å². The lowest BCUT2D eigenvalue weighted by molar-refractivity contribution is -0.127. The molecule has 1 aromatic carbocycles. The molecular formula is C29H42FNO2. The fourth-order valence-electron chi connectivity index (χ4n) is 8.80. The molecular weight excluding hydrogens is 413 g/mol. The predicted molar refractivity (Wildman–Crippen MR) is 130 cm³/mol. The Bertz CT molecular complexity index is 871. The first kappa shape index (κ1) is 23.3. The number of hydrogen-bond donors (Lipinski definition) is 1. The van der Waals surface area contributed by atoms with Crippen LogP contribution in [-0.4, -0.2) is 19.1 Å². The molecule has 0 saturated heterocycles. The van der Waals surface area contributed by atoms with Gasteiger partial charge in [0, 0.05) is 24.8 Å². The van der Waals surface area contributed by atoms with Crippen molar-refractivity contribution in [1.82, 2.24) is 0 Å². The normalized spacial score (nSPS) is 39.9. The number of halogens is 1. The molecule has 8 atom stereocenters. The van der Waals surface area contributed by atoms with Crippen molar-refractivity contribution < 1.29 is 13.9 Å². The summed E-state index contributed by atoms with van der Waals surface area (Å²) in [6, 6.07) is 4.65. The molecule has 4 aliphatic carbocycles. The molecule has 0 heterocycles. The van der Waals surface area contributed by atoms with Gasteiger partial charge in [0.25, 0.3) is 0 Å². The van der Waals surface area contributed by atoms with E-state index in [1.807, 2.05) is 6.92 Å². The van der Waals surface area contributed by atoms with Gasteiger partial charge in [-0.3, -0.25) is 4.79 Å². The summed E-state index contributed by atoms with van der Waals surface area (Å²) in [4.78, 5) is 13.4. The number of ether oxygens (including phenoxy) is 1. The number of anilines is 1. The molecule has 4 aliphatic rings. The zero-order valence-corrected chi connectivity index (χ0v) is 20.7. The quantitative estimate of drug-likeness (QED) is 0.519. The van der Waals surface area contributed by atoms with Crippen LogP contribution >= 0.6 is 0 Å². The Labute approximate surface area is 199 Å². The molecule has 0 spiro atoms. The first-order chi connectivity index (χ1) is 15.9. The van der Waals surface area contributed by atoms with E-state index >= 15 is 0 Å². The topological polar surface area (TPSA) is 38.3 Å². The van der Waals surface area contributed by atoms with E-state index < -0.39 is 0 Å². The molecule has 5 rings (SSSR count). The van der Waals surface area contributed by atoms with Crippen LogP contribution in [0.3, 0.4) is 0 Å². The lowest BCUT2D eigenvalue weighted by Gasteiger charge is -2.56. The van der Waals surface area contributed by atoms with Crippen molar-refractivity contribution in [3.8, 4) is 0 Å². The first-order valence-corrected chi connectivity index (χ1v) is 13.6. The molecule has 1 aromatic rings. The van der Waals surface area contributed by atoms with Crippen molar-refractivity contribution in [3.05, 3.63) is 29.6 Å². The summed E-state index contributed by atoms with van der Waals surface area (Å²) in [5.41, 5.74) is 1.66. The second-order valence-corrected chi connectivity index (χ2v) is 11.9. The molecule has 1 N–H and O–H groups in total. The minimum atomic E-state index is -0.251. The number of fused-ring (bicyclic) bond motifs is 5. The average molecular weight is 456 g/mol. The van der Waals surface area contributed by atoms with Crippen molar-refractivity contribution in [2.24, 2.45) is 46.8 Å². The summed E-state index contributed by atoms with van der Waals surface area (Å²) in [7, 11) is 0. The maximum absolute atomic E-state index is 13.5. The standard InChI is InChI=1S/C29H42FNO2/c1-4-33-17-19-5-8-22-20(16-19)6-9-24-23(22)13-14-29(3)25(24)10-11-26(29)28(32)31-27-12-7-21(30)15-18(27)2/h7,12,15,19-20,22-26H,4-6,8-11,13-14,16-17H2,1-3H3,(H,31,32)/t19?,20?,22?,23?,24?,25?,26-,29?/m1/s1. The highest BCUT2D eigenvalue weighted by Gasteiger charge is 2.58. The predicted octanol–water partition coefficient (Wildman–Crippen LogP) is 6.99. The number of hydrogen-bond acceptors (Lipinski definition) is 2. The van der Waals surface area contributed by atoms with Crippen LogP contribution in [0.25, 0.3) is 0 Å². The minimum Gasteiger partial charge on any atom is -0.381 e. The summed E-state index contributed by atoms with van der Waals surface area (Å²) >= 11 is 0. The number of benzene rings is 1. The molecule has 4 heteroatoms. The molecule has 33 heavy (non-hydrogen) atoms. The Hall–Kier alpha value is -1.42. The number of carbonyl (C=O) groups is 1. The van der Waals surface area contributed by atoms with E-state index in [4.69, 9.17) is 4.74 Å². The van der Waals surface area contributed by atoms with Crippen molar-refractivity contribution in [2.45, 2.75) is 78.6 Å². The maximum atomic E-state index is 13.5. The number of rotatable bonds is 5. The van der Waals surface area contributed by atoms with Gasteiger partial charge in [0.1, 0.15) is 5.82 Å².